The summed E-state index contributed by atoms with van der Waals surface area (Å²) < 4.78 is 0. The Balaban J connectivity index is 0.00000144. The van der Waals surface area contributed by atoms with Crippen molar-refractivity contribution in [1.82, 2.24) is 15.1 Å². The molecule has 24 heavy (non-hydrogen) atoms. The van der Waals surface area contributed by atoms with Gasteiger partial charge in [0.25, 0.3) is 0 Å². The van der Waals surface area contributed by atoms with Gasteiger partial charge in [-0.25, -0.2) is 0 Å². The van der Waals surface area contributed by atoms with Crippen LogP contribution < -0.4 is 5.32 Å². The Morgan fingerprint density at radius 3 is 2.21 bits per heavy atom. The monoisotopic (exact) mass is 379 g/mol. The number of piperidine rings is 1. The molecular formula is C19H39Cl2N3. The van der Waals surface area contributed by atoms with Crippen molar-refractivity contribution in [1.29, 1.82) is 0 Å². The maximum absolute atomic E-state index is 3.54. The predicted octanol–water partition coefficient (Wildman–Crippen LogP) is 3.81. The van der Waals surface area contributed by atoms with Crippen LogP contribution in [-0.2, 0) is 0 Å². The fourth-order valence-electron chi connectivity index (χ4n) is 5.09. The standard InChI is InChI=1S/C19H37N3.2ClH/c1-17(2)16-21-12-3-13-22(15-14-21)18-4-6-19(7-5-18)8-10-20-11-9-19;;/h17-18,20H,3-16H2,1-2H3;2*1H. The molecule has 3 nitrogen and oxygen atoms in total. The minimum Gasteiger partial charge on any atom is -0.317 e. The summed E-state index contributed by atoms with van der Waals surface area (Å²) in [5.74, 6) is 0.806. The Kier molecular flexibility index (Phi) is 9.91. The first-order valence-electron chi connectivity index (χ1n) is 9.84. The van der Waals surface area contributed by atoms with Gasteiger partial charge >= 0.3 is 0 Å². The predicted molar refractivity (Wildman–Crippen MR) is 109 cm³/mol. The van der Waals surface area contributed by atoms with Crippen LogP contribution in [0.15, 0.2) is 0 Å². The van der Waals surface area contributed by atoms with E-state index in [2.05, 4.69) is 29.0 Å². The third kappa shape index (κ3) is 6.02. The Bertz CT molecular complexity index is 336. The second-order valence-electron chi connectivity index (χ2n) is 8.57. The van der Waals surface area contributed by atoms with Crippen LogP contribution >= 0.6 is 24.8 Å². The van der Waals surface area contributed by atoms with Gasteiger partial charge in [-0.2, -0.15) is 0 Å². The highest BCUT2D eigenvalue weighted by Crippen LogP contribution is 2.44. The molecule has 2 heterocycles. The zero-order valence-corrected chi connectivity index (χ0v) is 17.4. The number of rotatable bonds is 3. The Hall–Kier alpha value is 0.460. The lowest BCUT2D eigenvalue weighted by molar-refractivity contribution is 0.0667. The van der Waals surface area contributed by atoms with Gasteiger partial charge in [0.05, 0.1) is 0 Å². The molecule has 0 radical (unpaired) electrons. The van der Waals surface area contributed by atoms with E-state index in [4.69, 9.17) is 0 Å². The molecule has 1 N–H and O–H groups in total. The van der Waals surface area contributed by atoms with Crippen LogP contribution in [0.3, 0.4) is 0 Å². The summed E-state index contributed by atoms with van der Waals surface area (Å²) >= 11 is 0. The van der Waals surface area contributed by atoms with E-state index < -0.39 is 0 Å². The van der Waals surface area contributed by atoms with Crippen molar-refractivity contribution in [2.24, 2.45) is 11.3 Å². The lowest BCUT2D eigenvalue weighted by atomic mass is 9.67. The number of hydrogen-bond donors (Lipinski definition) is 1. The number of hydrogen-bond acceptors (Lipinski definition) is 3. The van der Waals surface area contributed by atoms with E-state index in [9.17, 15) is 0 Å². The lowest BCUT2D eigenvalue weighted by Crippen LogP contribution is -2.45. The maximum atomic E-state index is 3.54. The molecule has 0 unspecified atom stereocenters. The highest BCUT2D eigenvalue weighted by molar-refractivity contribution is 5.85. The van der Waals surface area contributed by atoms with Crippen molar-refractivity contribution in [3.8, 4) is 0 Å². The van der Waals surface area contributed by atoms with Gasteiger partial charge in [-0.1, -0.05) is 13.8 Å². The summed E-state index contributed by atoms with van der Waals surface area (Å²) in [5.41, 5.74) is 0.720. The molecule has 1 aliphatic carbocycles. The largest absolute Gasteiger partial charge is 0.317 e. The van der Waals surface area contributed by atoms with Gasteiger partial charge < -0.3 is 10.2 Å². The Labute approximate surface area is 162 Å². The molecule has 1 spiro atoms. The topological polar surface area (TPSA) is 18.5 Å². The quantitative estimate of drug-likeness (QED) is 0.803. The molecule has 0 atom stereocenters. The molecule has 3 fully saturated rings. The van der Waals surface area contributed by atoms with Gasteiger partial charge in [0.15, 0.2) is 0 Å². The molecule has 3 rings (SSSR count). The summed E-state index contributed by atoms with van der Waals surface area (Å²) in [4.78, 5) is 5.54. The first-order valence-corrected chi connectivity index (χ1v) is 9.84. The van der Waals surface area contributed by atoms with Crippen molar-refractivity contribution >= 4 is 24.8 Å². The Morgan fingerprint density at radius 2 is 1.58 bits per heavy atom. The minimum atomic E-state index is 0. The van der Waals surface area contributed by atoms with Crippen molar-refractivity contribution in [2.75, 3.05) is 45.8 Å². The third-order valence-corrected chi connectivity index (χ3v) is 6.44. The van der Waals surface area contributed by atoms with Gasteiger partial charge in [0.1, 0.15) is 0 Å². The molecule has 3 aliphatic rings. The molecule has 144 valence electrons. The zero-order valence-electron chi connectivity index (χ0n) is 15.8. The van der Waals surface area contributed by atoms with Gasteiger partial charge in [-0.05, 0) is 82.5 Å². The summed E-state index contributed by atoms with van der Waals surface area (Å²) in [6.45, 7) is 13.8. The molecule has 0 aromatic rings. The molecule has 0 amide bonds. The summed E-state index contributed by atoms with van der Waals surface area (Å²) in [7, 11) is 0. The van der Waals surface area contributed by atoms with Crippen LogP contribution in [0.1, 0.15) is 58.8 Å². The van der Waals surface area contributed by atoms with Crippen LogP contribution in [0.2, 0.25) is 0 Å². The van der Waals surface area contributed by atoms with E-state index in [0.717, 1.165) is 17.4 Å². The maximum Gasteiger partial charge on any atom is 0.0112 e. The van der Waals surface area contributed by atoms with Crippen LogP contribution in [0.5, 0.6) is 0 Å². The van der Waals surface area contributed by atoms with Crippen molar-refractivity contribution < 1.29 is 0 Å². The third-order valence-electron chi connectivity index (χ3n) is 6.44. The van der Waals surface area contributed by atoms with Crippen LogP contribution in [0.25, 0.3) is 0 Å². The van der Waals surface area contributed by atoms with Gasteiger partial charge in [0, 0.05) is 25.7 Å². The summed E-state index contributed by atoms with van der Waals surface area (Å²) in [5, 5.41) is 3.54. The van der Waals surface area contributed by atoms with Crippen LogP contribution in [-0.4, -0.2) is 61.7 Å². The molecule has 0 aromatic heterocycles. The number of nitrogens with zero attached hydrogens (tertiary/aromatic N) is 2. The van der Waals surface area contributed by atoms with Gasteiger partial charge in [0.2, 0.25) is 0 Å². The molecule has 2 saturated heterocycles. The molecule has 1 saturated carbocycles. The fraction of sp³-hybridized carbons (Fsp3) is 1.00. The van der Waals surface area contributed by atoms with Crippen LogP contribution in [0, 0.1) is 11.3 Å². The average Bonchev–Trinajstić information content (AvgIpc) is 2.74. The van der Waals surface area contributed by atoms with Gasteiger partial charge in [-0.15, -0.1) is 24.8 Å². The second-order valence-corrected chi connectivity index (χ2v) is 8.57. The van der Waals surface area contributed by atoms with Gasteiger partial charge in [-0.3, -0.25) is 4.90 Å². The highest BCUT2D eigenvalue weighted by Gasteiger charge is 2.37. The number of nitrogens with one attached hydrogen (secondary N) is 1. The summed E-state index contributed by atoms with van der Waals surface area (Å²) in [6, 6.07) is 0.888. The normalized spacial score (nSPS) is 26.6. The average molecular weight is 380 g/mol. The SMILES string of the molecule is CC(C)CN1CCCN(C2CCC3(CCNCC3)CC2)CC1.Cl.Cl. The van der Waals surface area contributed by atoms with E-state index in [1.165, 1.54) is 90.8 Å². The molecule has 0 bridgehead atoms. The molecular weight excluding hydrogens is 341 g/mol. The first kappa shape index (κ1) is 22.5. The van der Waals surface area contributed by atoms with E-state index in [-0.39, 0.29) is 24.8 Å². The fourth-order valence-corrected chi connectivity index (χ4v) is 5.09. The second kappa shape index (κ2) is 10.6. The van der Waals surface area contributed by atoms with Crippen molar-refractivity contribution in [2.45, 2.75) is 64.8 Å². The van der Waals surface area contributed by atoms with E-state index in [1.807, 2.05) is 0 Å². The van der Waals surface area contributed by atoms with Crippen LogP contribution in [0.4, 0.5) is 0 Å². The molecule has 0 aromatic carbocycles. The highest BCUT2D eigenvalue weighted by atomic mass is 35.5. The Morgan fingerprint density at radius 1 is 0.917 bits per heavy atom. The zero-order chi connectivity index (χ0) is 15.4. The molecule has 2 aliphatic heterocycles. The summed E-state index contributed by atoms with van der Waals surface area (Å²) in [6.07, 6.45) is 10.1. The minimum absolute atomic E-state index is 0. The number of halogens is 2. The first-order chi connectivity index (χ1) is 10.7. The lowest BCUT2D eigenvalue weighted by Gasteiger charge is -2.45. The smallest absolute Gasteiger partial charge is 0.0112 e. The van der Waals surface area contributed by atoms with E-state index >= 15 is 0 Å². The van der Waals surface area contributed by atoms with Crippen molar-refractivity contribution in [3.05, 3.63) is 0 Å². The van der Waals surface area contributed by atoms with Crippen molar-refractivity contribution in [3.63, 3.8) is 0 Å². The molecule has 5 heteroatoms. The van der Waals surface area contributed by atoms with E-state index in [0.29, 0.717) is 0 Å². The van der Waals surface area contributed by atoms with E-state index in [1.54, 1.807) is 0 Å².